The lowest BCUT2D eigenvalue weighted by molar-refractivity contribution is -0.123. The third-order valence-electron chi connectivity index (χ3n) is 4.40. The molecule has 0 spiro atoms. The van der Waals surface area contributed by atoms with Crippen molar-refractivity contribution in [3.05, 3.63) is 94.8 Å². The van der Waals surface area contributed by atoms with Crippen LogP contribution in [0.3, 0.4) is 0 Å². The van der Waals surface area contributed by atoms with Crippen molar-refractivity contribution in [3.63, 3.8) is 0 Å². The number of aryl methyl sites for hydroxylation is 2. The van der Waals surface area contributed by atoms with Gasteiger partial charge in [0.15, 0.2) is 6.61 Å². The molecule has 158 valence electrons. The molecule has 3 rings (SSSR count). The SMILES string of the molecule is Cc1ccc(OCC(=O)NN=Cc2ccc(OC(=O)c3cccc(F)c3)cc2)cc1C. The Kier molecular flexibility index (Phi) is 7.11. The van der Waals surface area contributed by atoms with Gasteiger partial charge >= 0.3 is 5.97 Å². The Bertz CT molecular complexity index is 1110. The van der Waals surface area contributed by atoms with Gasteiger partial charge in [0, 0.05) is 0 Å². The van der Waals surface area contributed by atoms with Crippen LogP contribution in [-0.4, -0.2) is 24.7 Å². The first-order valence-electron chi connectivity index (χ1n) is 9.50. The van der Waals surface area contributed by atoms with Crippen LogP contribution in [0.2, 0.25) is 0 Å². The van der Waals surface area contributed by atoms with Crippen LogP contribution in [0.4, 0.5) is 4.39 Å². The molecular weight excluding hydrogens is 399 g/mol. The number of ether oxygens (including phenoxy) is 2. The summed E-state index contributed by atoms with van der Waals surface area (Å²) in [4.78, 5) is 23.9. The lowest BCUT2D eigenvalue weighted by atomic mass is 10.1. The number of hydrogen-bond acceptors (Lipinski definition) is 5. The van der Waals surface area contributed by atoms with Crippen LogP contribution in [-0.2, 0) is 4.79 Å². The van der Waals surface area contributed by atoms with Crippen LogP contribution < -0.4 is 14.9 Å². The van der Waals surface area contributed by atoms with E-state index in [9.17, 15) is 14.0 Å². The molecule has 0 atom stereocenters. The number of amides is 1. The zero-order chi connectivity index (χ0) is 22.2. The van der Waals surface area contributed by atoms with E-state index in [0.29, 0.717) is 17.1 Å². The van der Waals surface area contributed by atoms with Gasteiger partial charge in [0.1, 0.15) is 17.3 Å². The number of nitrogens with one attached hydrogen (secondary N) is 1. The Balaban J connectivity index is 1.47. The summed E-state index contributed by atoms with van der Waals surface area (Å²) in [5.74, 6) is -0.641. The van der Waals surface area contributed by atoms with E-state index in [1.54, 1.807) is 24.3 Å². The van der Waals surface area contributed by atoms with Crippen molar-refractivity contribution in [3.8, 4) is 11.5 Å². The Morgan fingerprint density at radius 1 is 0.968 bits per heavy atom. The number of hydrazone groups is 1. The van der Waals surface area contributed by atoms with E-state index in [-0.39, 0.29) is 12.2 Å². The highest BCUT2D eigenvalue weighted by molar-refractivity contribution is 5.91. The normalized spacial score (nSPS) is 10.7. The minimum Gasteiger partial charge on any atom is -0.484 e. The van der Waals surface area contributed by atoms with E-state index in [1.807, 2.05) is 32.0 Å². The highest BCUT2D eigenvalue weighted by Gasteiger charge is 2.09. The molecule has 7 heteroatoms. The fourth-order valence-corrected chi connectivity index (χ4v) is 2.57. The number of nitrogens with zero attached hydrogens (tertiary/aromatic N) is 1. The maximum atomic E-state index is 13.2. The molecular formula is C24H21FN2O4. The highest BCUT2D eigenvalue weighted by Crippen LogP contribution is 2.16. The fraction of sp³-hybridized carbons (Fsp3) is 0.125. The summed E-state index contributed by atoms with van der Waals surface area (Å²) in [5, 5.41) is 3.88. The number of carbonyl (C=O) groups excluding carboxylic acids is 2. The zero-order valence-electron chi connectivity index (χ0n) is 17.1. The van der Waals surface area contributed by atoms with E-state index >= 15 is 0 Å². The second kappa shape index (κ2) is 10.2. The molecule has 0 aliphatic heterocycles. The van der Waals surface area contributed by atoms with Crippen molar-refractivity contribution < 1.29 is 23.5 Å². The summed E-state index contributed by atoms with van der Waals surface area (Å²) < 4.78 is 23.9. The van der Waals surface area contributed by atoms with Crippen LogP contribution in [0.1, 0.15) is 27.0 Å². The van der Waals surface area contributed by atoms with Crippen LogP contribution in [0.5, 0.6) is 11.5 Å². The van der Waals surface area contributed by atoms with E-state index in [2.05, 4.69) is 10.5 Å². The Hall–Kier alpha value is -4.00. The second-order valence-corrected chi connectivity index (χ2v) is 6.80. The van der Waals surface area contributed by atoms with E-state index in [1.165, 1.54) is 24.4 Å². The van der Waals surface area contributed by atoms with Gasteiger partial charge in [-0.25, -0.2) is 14.6 Å². The number of hydrogen-bond donors (Lipinski definition) is 1. The number of rotatable bonds is 7. The van der Waals surface area contributed by atoms with Gasteiger partial charge in [-0.05, 0) is 85.1 Å². The first-order valence-corrected chi connectivity index (χ1v) is 9.50. The predicted molar refractivity (Wildman–Crippen MR) is 115 cm³/mol. The van der Waals surface area contributed by atoms with Crippen LogP contribution >= 0.6 is 0 Å². The Morgan fingerprint density at radius 2 is 1.71 bits per heavy atom. The third-order valence-corrected chi connectivity index (χ3v) is 4.40. The molecule has 0 radical (unpaired) electrons. The van der Waals surface area contributed by atoms with Crippen LogP contribution in [0.15, 0.2) is 71.8 Å². The molecule has 3 aromatic rings. The maximum absolute atomic E-state index is 13.2. The van der Waals surface area contributed by atoms with Crippen LogP contribution in [0, 0.1) is 19.7 Å². The van der Waals surface area contributed by atoms with Gasteiger partial charge in [0.05, 0.1) is 11.8 Å². The van der Waals surface area contributed by atoms with Gasteiger partial charge in [-0.15, -0.1) is 0 Å². The third kappa shape index (κ3) is 6.50. The quantitative estimate of drug-likeness (QED) is 0.269. The zero-order valence-corrected chi connectivity index (χ0v) is 17.1. The van der Waals surface area contributed by atoms with Crippen molar-refractivity contribution in [2.75, 3.05) is 6.61 Å². The molecule has 1 N–H and O–H groups in total. The van der Waals surface area contributed by atoms with Crippen LogP contribution in [0.25, 0.3) is 0 Å². The molecule has 0 aliphatic carbocycles. The summed E-state index contributed by atoms with van der Waals surface area (Å²) in [6.45, 7) is 3.82. The standard InChI is InChI=1S/C24H21FN2O4/c1-16-6-9-22(12-17(16)2)30-15-23(28)27-26-14-18-7-10-21(11-8-18)31-24(29)19-4-3-5-20(25)13-19/h3-14H,15H2,1-2H3,(H,27,28). The van der Waals surface area contributed by atoms with Crippen molar-refractivity contribution in [2.45, 2.75) is 13.8 Å². The summed E-state index contributed by atoms with van der Waals surface area (Å²) in [6, 6.07) is 17.3. The van der Waals surface area contributed by atoms with Gasteiger partial charge in [-0.1, -0.05) is 12.1 Å². The molecule has 0 saturated heterocycles. The van der Waals surface area contributed by atoms with Gasteiger partial charge in [-0.3, -0.25) is 4.79 Å². The minimum atomic E-state index is -0.656. The molecule has 0 aliphatic rings. The molecule has 0 aromatic heterocycles. The summed E-state index contributed by atoms with van der Waals surface area (Å²) in [5.41, 5.74) is 5.42. The van der Waals surface area contributed by atoms with E-state index in [0.717, 1.165) is 17.2 Å². The average Bonchev–Trinajstić information content (AvgIpc) is 2.76. The van der Waals surface area contributed by atoms with Crippen molar-refractivity contribution in [1.82, 2.24) is 5.43 Å². The summed E-state index contributed by atoms with van der Waals surface area (Å²) in [6.07, 6.45) is 1.45. The maximum Gasteiger partial charge on any atom is 0.343 e. The van der Waals surface area contributed by atoms with Gasteiger partial charge in [0.2, 0.25) is 0 Å². The first-order chi connectivity index (χ1) is 14.9. The number of esters is 1. The minimum absolute atomic E-state index is 0.122. The molecule has 6 nitrogen and oxygen atoms in total. The Labute approximate surface area is 179 Å². The van der Waals surface area contributed by atoms with Gasteiger partial charge in [-0.2, -0.15) is 5.10 Å². The number of halogens is 1. The average molecular weight is 420 g/mol. The predicted octanol–water partition coefficient (Wildman–Crippen LogP) is 4.19. The second-order valence-electron chi connectivity index (χ2n) is 6.80. The van der Waals surface area contributed by atoms with Crippen molar-refractivity contribution in [2.24, 2.45) is 5.10 Å². The van der Waals surface area contributed by atoms with Crippen molar-refractivity contribution in [1.29, 1.82) is 0 Å². The fourth-order valence-electron chi connectivity index (χ4n) is 2.57. The van der Waals surface area contributed by atoms with Gasteiger partial charge in [0.25, 0.3) is 5.91 Å². The molecule has 0 bridgehead atoms. The molecule has 1 amide bonds. The molecule has 0 fully saturated rings. The molecule has 31 heavy (non-hydrogen) atoms. The molecule has 0 heterocycles. The van der Waals surface area contributed by atoms with E-state index < -0.39 is 17.7 Å². The molecule has 3 aromatic carbocycles. The summed E-state index contributed by atoms with van der Waals surface area (Å²) >= 11 is 0. The lowest BCUT2D eigenvalue weighted by Crippen LogP contribution is -2.24. The monoisotopic (exact) mass is 420 g/mol. The molecule has 0 unspecified atom stereocenters. The van der Waals surface area contributed by atoms with Crippen molar-refractivity contribution >= 4 is 18.1 Å². The topological polar surface area (TPSA) is 77.0 Å². The lowest BCUT2D eigenvalue weighted by Gasteiger charge is -2.07. The number of carbonyl (C=O) groups is 2. The number of benzene rings is 3. The first kappa shape index (κ1) is 21.7. The van der Waals surface area contributed by atoms with Gasteiger partial charge < -0.3 is 9.47 Å². The molecule has 0 saturated carbocycles. The smallest absolute Gasteiger partial charge is 0.343 e. The van der Waals surface area contributed by atoms with E-state index in [4.69, 9.17) is 9.47 Å². The highest BCUT2D eigenvalue weighted by atomic mass is 19.1. The largest absolute Gasteiger partial charge is 0.484 e. The summed E-state index contributed by atoms with van der Waals surface area (Å²) in [7, 11) is 0. The Morgan fingerprint density at radius 3 is 2.42 bits per heavy atom.